The standard InChI is InChI=1S/C20H18FN3OS2/c1-11(2)10-22-20(25)14-9-16-19(23-14)24-17(12-3-5-13(21)6-4-12)18-15(27-16)7-8-26-18/h3-9,11,23H,10H2,1-2H3,(H,22,25). The van der Waals surface area contributed by atoms with Crippen LogP contribution in [0.5, 0.6) is 0 Å². The number of nitrogens with zero attached hydrogens (tertiary/aromatic N) is 1. The average Bonchev–Trinajstić information content (AvgIpc) is 3.23. The van der Waals surface area contributed by atoms with E-state index in [4.69, 9.17) is 4.99 Å². The first kappa shape index (κ1) is 18.0. The number of rotatable bonds is 4. The third-order valence-electron chi connectivity index (χ3n) is 4.08. The number of halogens is 1. The van der Waals surface area contributed by atoms with E-state index < -0.39 is 0 Å². The molecule has 0 aliphatic carbocycles. The Hall–Kier alpha value is -2.38. The molecular formula is C20H18FN3OS2. The van der Waals surface area contributed by atoms with Gasteiger partial charge in [0.2, 0.25) is 0 Å². The van der Waals surface area contributed by atoms with E-state index in [1.165, 1.54) is 12.1 Å². The van der Waals surface area contributed by atoms with Gasteiger partial charge in [-0.1, -0.05) is 25.6 Å². The van der Waals surface area contributed by atoms with Gasteiger partial charge in [0, 0.05) is 17.0 Å². The van der Waals surface area contributed by atoms with E-state index in [0.717, 1.165) is 25.9 Å². The highest BCUT2D eigenvalue weighted by atomic mass is 32.2. The van der Waals surface area contributed by atoms with E-state index in [9.17, 15) is 9.18 Å². The zero-order valence-electron chi connectivity index (χ0n) is 14.9. The van der Waals surface area contributed by atoms with Crippen molar-refractivity contribution >= 4 is 40.5 Å². The molecule has 3 aromatic rings. The average molecular weight is 400 g/mol. The highest BCUT2D eigenvalue weighted by Crippen LogP contribution is 2.43. The molecule has 1 aliphatic heterocycles. The predicted octanol–water partition coefficient (Wildman–Crippen LogP) is 5.23. The Labute approximate surface area is 164 Å². The van der Waals surface area contributed by atoms with Crippen LogP contribution in [0.15, 0.2) is 56.6 Å². The van der Waals surface area contributed by atoms with Crippen LogP contribution >= 0.6 is 23.1 Å². The Balaban J connectivity index is 1.74. The number of aromatic nitrogens is 1. The summed E-state index contributed by atoms with van der Waals surface area (Å²) in [6.45, 7) is 4.73. The molecule has 2 aromatic heterocycles. The van der Waals surface area contributed by atoms with E-state index in [0.29, 0.717) is 24.0 Å². The molecule has 0 radical (unpaired) electrons. The van der Waals surface area contributed by atoms with Crippen molar-refractivity contribution in [1.29, 1.82) is 0 Å². The second-order valence-electron chi connectivity index (χ2n) is 6.68. The molecule has 4 nitrogen and oxygen atoms in total. The summed E-state index contributed by atoms with van der Waals surface area (Å²) in [5, 5.41) is 4.94. The number of carbonyl (C=O) groups is 1. The van der Waals surface area contributed by atoms with Crippen LogP contribution in [0.4, 0.5) is 10.2 Å². The van der Waals surface area contributed by atoms with Crippen LogP contribution in [0.2, 0.25) is 0 Å². The molecule has 1 aromatic carbocycles. The molecule has 0 saturated heterocycles. The van der Waals surface area contributed by atoms with Crippen molar-refractivity contribution in [2.75, 3.05) is 6.54 Å². The van der Waals surface area contributed by atoms with Crippen LogP contribution in [0.3, 0.4) is 0 Å². The zero-order valence-corrected chi connectivity index (χ0v) is 16.5. The third-order valence-corrected chi connectivity index (χ3v) is 6.22. The Kier molecular flexibility index (Phi) is 4.88. The first-order valence-electron chi connectivity index (χ1n) is 8.63. The van der Waals surface area contributed by atoms with Gasteiger partial charge in [0.1, 0.15) is 17.3 Å². The SMILES string of the molecule is CC(C)CNC(=O)c1cc2c([nH]1)N=C(c1ccc(F)cc1)c1sccc1S2. The van der Waals surface area contributed by atoms with Gasteiger partial charge in [-0.3, -0.25) is 4.79 Å². The van der Waals surface area contributed by atoms with Crippen molar-refractivity contribution in [3.8, 4) is 0 Å². The molecule has 1 amide bonds. The van der Waals surface area contributed by atoms with Crippen LogP contribution in [0, 0.1) is 11.7 Å². The number of nitrogens with one attached hydrogen (secondary N) is 2. The lowest BCUT2D eigenvalue weighted by atomic mass is 10.1. The van der Waals surface area contributed by atoms with Crippen molar-refractivity contribution in [3.63, 3.8) is 0 Å². The number of aromatic amines is 1. The number of thiophene rings is 1. The summed E-state index contributed by atoms with van der Waals surface area (Å²) in [5.41, 5.74) is 2.12. The van der Waals surface area contributed by atoms with Gasteiger partial charge >= 0.3 is 0 Å². The van der Waals surface area contributed by atoms with E-state index in [2.05, 4.69) is 24.1 Å². The van der Waals surface area contributed by atoms with Crippen LogP contribution in [-0.4, -0.2) is 23.1 Å². The molecule has 0 atom stereocenters. The van der Waals surface area contributed by atoms with Crippen molar-refractivity contribution in [3.05, 3.63) is 63.7 Å². The molecule has 2 N–H and O–H groups in total. The largest absolute Gasteiger partial charge is 0.351 e. The highest BCUT2D eigenvalue weighted by Gasteiger charge is 2.23. The van der Waals surface area contributed by atoms with Gasteiger partial charge in [0.25, 0.3) is 5.91 Å². The van der Waals surface area contributed by atoms with Crippen molar-refractivity contribution in [1.82, 2.24) is 10.3 Å². The molecule has 0 saturated carbocycles. The maximum atomic E-state index is 13.3. The van der Waals surface area contributed by atoms with Crippen LogP contribution in [0.1, 0.15) is 34.8 Å². The number of hydrogen-bond acceptors (Lipinski definition) is 4. The van der Waals surface area contributed by atoms with Crippen molar-refractivity contribution in [2.45, 2.75) is 23.6 Å². The molecule has 4 rings (SSSR count). The Morgan fingerprint density at radius 3 is 2.74 bits per heavy atom. The number of hydrogen-bond donors (Lipinski definition) is 2. The van der Waals surface area contributed by atoms with E-state index in [1.807, 2.05) is 17.5 Å². The fraction of sp³-hybridized carbons (Fsp3) is 0.200. The normalized spacial score (nSPS) is 13.0. The third kappa shape index (κ3) is 3.70. The van der Waals surface area contributed by atoms with Crippen molar-refractivity contribution < 1.29 is 9.18 Å². The van der Waals surface area contributed by atoms with E-state index in [1.54, 1.807) is 35.2 Å². The maximum absolute atomic E-state index is 13.3. The quantitative estimate of drug-likeness (QED) is 0.493. The number of fused-ring (bicyclic) bond motifs is 2. The van der Waals surface area contributed by atoms with Gasteiger partial charge in [-0.05, 0) is 47.7 Å². The van der Waals surface area contributed by atoms with E-state index >= 15 is 0 Å². The Morgan fingerprint density at radius 1 is 1.22 bits per heavy atom. The molecule has 138 valence electrons. The fourth-order valence-corrected chi connectivity index (χ4v) is 4.82. The van der Waals surface area contributed by atoms with Gasteiger partial charge in [-0.15, -0.1) is 11.3 Å². The minimum atomic E-state index is -0.279. The first-order valence-corrected chi connectivity index (χ1v) is 10.3. The van der Waals surface area contributed by atoms with Crippen LogP contribution in [0.25, 0.3) is 0 Å². The molecule has 0 unspecified atom stereocenters. The topological polar surface area (TPSA) is 57.2 Å². The molecule has 3 heterocycles. The van der Waals surface area contributed by atoms with Crippen LogP contribution < -0.4 is 5.32 Å². The number of carbonyl (C=O) groups excluding carboxylic acids is 1. The number of benzene rings is 1. The molecule has 27 heavy (non-hydrogen) atoms. The summed E-state index contributed by atoms with van der Waals surface area (Å²) in [6, 6.07) is 10.2. The monoisotopic (exact) mass is 399 g/mol. The summed E-state index contributed by atoms with van der Waals surface area (Å²) in [7, 11) is 0. The maximum Gasteiger partial charge on any atom is 0.267 e. The molecule has 0 bridgehead atoms. The van der Waals surface area contributed by atoms with Gasteiger partial charge < -0.3 is 10.3 Å². The Morgan fingerprint density at radius 2 is 2.00 bits per heavy atom. The lowest BCUT2D eigenvalue weighted by Crippen LogP contribution is -2.27. The lowest BCUT2D eigenvalue weighted by molar-refractivity contribution is 0.0944. The van der Waals surface area contributed by atoms with E-state index in [-0.39, 0.29) is 11.7 Å². The lowest BCUT2D eigenvalue weighted by Gasteiger charge is -2.06. The highest BCUT2D eigenvalue weighted by molar-refractivity contribution is 7.99. The molecule has 7 heteroatoms. The second-order valence-corrected chi connectivity index (χ2v) is 8.68. The van der Waals surface area contributed by atoms with Crippen LogP contribution in [-0.2, 0) is 0 Å². The minimum Gasteiger partial charge on any atom is -0.351 e. The summed E-state index contributed by atoms with van der Waals surface area (Å²) >= 11 is 3.19. The number of aliphatic imine (C=N–C) groups is 1. The zero-order chi connectivity index (χ0) is 19.0. The van der Waals surface area contributed by atoms with Gasteiger partial charge in [-0.25, -0.2) is 9.38 Å². The number of amides is 1. The molecule has 0 spiro atoms. The van der Waals surface area contributed by atoms with Gasteiger partial charge in [0.15, 0.2) is 0 Å². The number of H-pyrrole nitrogens is 1. The fourth-order valence-electron chi connectivity index (χ4n) is 2.73. The second kappa shape index (κ2) is 7.32. The summed E-state index contributed by atoms with van der Waals surface area (Å²) in [4.78, 5) is 23.4. The summed E-state index contributed by atoms with van der Waals surface area (Å²) < 4.78 is 13.3. The van der Waals surface area contributed by atoms with Gasteiger partial charge in [-0.2, -0.15) is 0 Å². The predicted molar refractivity (Wildman–Crippen MR) is 108 cm³/mol. The first-order chi connectivity index (χ1) is 13.0. The summed E-state index contributed by atoms with van der Waals surface area (Å²) in [5.74, 6) is 0.616. The smallest absolute Gasteiger partial charge is 0.267 e. The van der Waals surface area contributed by atoms with Crippen molar-refractivity contribution in [2.24, 2.45) is 10.9 Å². The molecular weight excluding hydrogens is 381 g/mol. The van der Waals surface area contributed by atoms with Gasteiger partial charge in [0.05, 0.1) is 15.5 Å². The summed E-state index contributed by atoms with van der Waals surface area (Å²) in [6.07, 6.45) is 0. The molecule has 1 aliphatic rings. The minimum absolute atomic E-state index is 0.138. The molecule has 0 fully saturated rings. The Bertz CT molecular complexity index is 1020.